The maximum atomic E-state index is 13.1. The Balaban J connectivity index is 2.16. The summed E-state index contributed by atoms with van der Waals surface area (Å²) in [5.41, 5.74) is 0.271. The molecule has 5 heteroatoms. The summed E-state index contributed by atoms with van der Waals surface area (Å²) in [5.74, 6) is -0.270. The Morgan fingerprint density at radius 3 is 2.48 bits per heavy atom. The second-order valence-electron chi connectivity index (χ2n) is 5.76. The van der Waals surface area contributed by atoms with Crippen LogP contribution in [0.3, 0.4) is 0 Å². The maximum Gasteiger partial charge on any atom is 0.230 e. The summed E-state index contributed by atoms with van der Waals surface area (Å²) in [7, 11) is 3.94. The minimum absolute atomic E-state index is 0.0132. The summed E-state index contributed by atoms with van der Waals surface area (Å²) in [4.78, 5) is 14.7. The highest BCUT2D eigenvalue weighted by atomic mass is 19.1. The first-order valence-corrected chi connectivity index (χ1v) is 7.31. The van der Waals surface area contributed by atoms with Crippen LogP contribution in [0.15, 0.2) is 24.3 Å². The molecule has 1 heterocycles. The van der Waals surface area contributed by atoms with Crippen LogP contribution in [0.25, 0.3) is 0 Å². The molecule has 0 aliphatic carbocycles. The van der Waals surface area contributed by atoms with Crippen molar-refractivity contribution in [1.29, 1.82) is 0 Å². The summed E-state index contributed by atoms with van der Waals surface area (Å²) in [6, 6.07) is 6.26. The van der Waals surface area contributed by atoms with E-state index < -0.39 is 5.41 Å². The van der Waals surface area contributed by atoms with Gasteiger partial charge in [0.25, 0.3) is 0 Å². The zero-order chi connectivity index (χ0) is 15.3. The van der Waals surface area contributed by atoms with E-state index in [1.54, 1.807) is 12.1 Å². The highest BCUT2D eigenvalue weighted by Crippen LogP contribution is 2.35. The summed E-state index contributed by atoms with van der Waals surface area (Å²) in [5, 5.41) is 3.01. The van der Waals surface area contributed by atoms with E-state index in [0.29, 0.717) is 32.6 Å². The number of carbonyl (C=O) groups excluding carboxylic acids is 1. The average Bonchev–Trinajstić information content (AvgIpc) is 2.48. The van der Waals surface area contributed by atoms with E-state index in [9.17, 15) is 9.18 Å². The van der Waals surface area contributed by atoms with Gasteiger partial charge in [-0.25, -0.2) is 4.39 Å². The number of carbonyl (C=O) groups is 1. The molecule has 1 amide bonds. The molecule has 21 heavy (non-hydrogen) atoms. The standard InChI is InChI=1S/C16H23FN2O2/c1-19(2)10-9-18-15(20)16(7-11-21-12-8-16)13-3-5-14(17)6-4-13/h3-6H,7-12H2,1-2H3,(H,18,20). The first kappa shape index (κ1) is 15.9. The van der Waals surface area contributed by atoms with Gasteiger partial charge in [-0.15, -0.1) is 0 Å². The van der Waals surface area contributed by atoms with E-state index in [4.69, 9.17) is 4.74 Å². The smallest absolute Gasteiger partial charge is 0.230 e. The lowest BCUT2D eigenvalue weighted by molar-refractivity contribution is -0.130. The summed E-state index contributed by atoms with van der Waals surface area (Å²) >= 11 is 0. The average molecular weight is 294 g/mol. The first-order chi connectivity index (χ1) is 10.0. The van der Waals surface area contributed by atoms with Crippen LogP contribution in [0.4, 0.5) is 4.39 Å². The predicted octanol–water partition coefficient (Wildman–Crippen LogP) is 1.55. The van der Waals surface area contributed by atoms with Crippen molar-refractivity contribution in [3.05, 3.63) is 35.6 Å². The van der Waals surface area contributed by atoms with E-state index >= 15 is 0 Å². The van der Waals surface area contributed by atoms with E-state index in [1.807, 2.05) is 19.0 Å². The van der Waals surface area contributed by atoms with Crippen molar-refractivity contribution in [3.8, 4) is 0 Å². The molecule has 1 aromatic rings. The van der Waals surface area contributed by atoms with Crippen molar-refractivity contribution in [1.82, 2.24) is 10.2 Å². The molecule has 0 atom stereocenters. The second kappa shape index (κ2) is 7.00. The second-order valence-corrected chi connectivity index (χ2v) is 5.76. The molecule has 0 radical (unpaired) electrons. The van der Waals surface area contributed by atoms with Crippen molar-refractivity contribution < 1.29 is 13.9 Å². The van der Waals surface area contributed by atoms with Crippen LogP contribution in [0.1, 0.15) is 18.4 Å². The SMILES string of the molecule is CN(C)CCNC(=O)C1(c2ccc(F)cc2)CCOCC1. The summed E-state index contributed by atoms with van der Waals surface area (Å²) in [6.07, 6.45) is 1.26. The normalized spacial score (nSPS) is 17.7. The number of ether oxygens (including phenoxy) is 1. The number of amides is 1. The molecule has 1 fully saturated rings. The fourth-order valence-corrected chi connectivity index (χ4v) is 2.70. The Bertz CT molecular complexity index is 468. The number of nitrogens with zero attached hydrogens (tertiary/aromatic N) is 1. The lowest BCUT2D eigenvalue weighted by atomic mass is 9.73. The predicted molar refractivity (Wildman–Crippen MR) is 79.7 cm³/mol. The minimum Gasteiger partial charge on any atom is -0.381 e. The molecule has 1 aromatic carbocycles. The molecule has 0 unspecified atom stereocenters. The van der Waals surface area contributed by atoms with Crippen LogP contribution < -0.4 is 5.32 Å². The molecule has 2 rings (SSSR count). The zero-order valence-electron chi connectivity index (χ0n) is 12.7. The number of halogens is 1. The molecular formula is C16H23FN2O2. The highest BCUT2D eigenvalue weighted by Gasteiger charge is 2.41. The third-order valence-electron chi connectivity index (χ3n) is 4.02. The first-order valence-electron chi connectivity index (χ1n) is 7.31. The van der Waals surface area contributed by atoms with Gasteiger partial charge in [-0.3, -0.25) is 4.79 Å². The van der Waals surface area contributed by atoms with Gasteiger partial charge in [-0.2, -0.15) is 0 Å². The van der Waals surface area contributed by atoms with Crippen LogP contribution in [-0.4, -0.2) is 51.2 Å². The number of nitrogens with one attached hydrogen (secondary N) is 1. The quantitative estimate of drug-likeness (QED) is 0.896. The number of rotatable bonds is 5. The number of benzene rings is 1. The van der Waals surface area contributed by atoms with Crippen molar-refractivity contribution in [2.45, 2.75) is 18.3 Å². The lowest BCUT2D eigenvalue weighted by Crippen LogP contribution is -2.49. The van der Waals surface area contributed by atoms with Crippen molar-refractivity contribution in [2.24, 2.45) is 0 Å². The van der Waals surface area contributed by atoms with E-state index in [0.717, 1.165) is 12.1 Å². The van der Waals surface area contributed by atoms with Crippen LogP contribution >= 0.6 is 0 Å². The topological polar surface area (TPSA) is 41.6 Å². The number of hydrogen-bond donors (Lipinski definition) is 1. The van der Waals surface area contributed by atoms with Gasteiger partial charge in [-0.1, -0.05) is 12.1 Å². The van der Waals surface area contributed by atoms with Crippen molar-refractivity contribution in [3.63, 3.8) is 0 Å². The molecule has 0 saturated carbocycles. The fourth-order valence-electron chi connectivity index (χ4n) is 2.70. The van der Waals surface area contributed by atoms with Gasteiger partial charge in [0.1, 0.15) is 5.82 Å². The van der Waals surface area contributed by atoms with Gasteiger partial charge in [0.15, 0.2) is 0 Å². The monoisotopic (exact) mass is 294 g/mol. The van der Waals surface area contributed by atoms with E-state index in [1.165, 1.54) is 12.1 Å². The van der Waals surface area contributed by atoms with Crippen LogP contribution in [-0.2, 0) is 14.9 Å². The van der Waals surface area contributed by atoms with E-state index in [2.05, 4.69) is 5.32 Å². The van der Waals surface area contributed by atoms with Gasteiger partial charge in [-0.05, 0) is 44.6 Å². The van der Waals surface area contributed by atoms with E-state index in [-0.39, 0.29) is 11.7 Å². The fraction of sp³-hybridized carbons (Fsp3) is 0.562. The van der Waals surface area contributed by atoms with Crippen LogP contribution in [0.2, 0.25) is 0 Å². The Hall–Kier alpha value is -1.46. The minimum atomic E-state index is -0.599. The molecule has 0 bridgehead atoms. The van der Waals surface area contributed by atoms with Crippen molar-refractivity contribution in [2.75, 3.05) is 40.4 Å². The Morgan fingerprint density at radius 1 is 1.29 bits per heavy atom. The molecule has 1 aliphatic rings. The maximum absolute atomic E-state index is 13.1. The molecule has 1 N–H and O–H groups in total. The molecule has 0 aromatic heterocycles. The number of likely N-dealkylation sites (N-methyl/N-ethyl adjacent to an activating group) is 1. The van der Waals surface area contributed by atoms with Gasteiger partial charge >= 0.3 is 0 Å². The van der Waals surface area contributed by atoms with Crippen LogP contribution in [0.5, 0.6) is 0 Å². The zero-order valence-corrected chi connectivity index (χ0v) is 12.7. The summed E-state index contributed by atoms with van der Waals surface area (Å²) < 4.78 is 18.5. The molecular weight excluding hydrogens is 271 g/mol. The van der Waals surface area contributed by atoms with Crippen molar-refractivity contribution >= 4 is 5.91 Å². The Labute approximate surface area is 125 Å². The molecule has 4 nitrogen and oxygen atoms in total. The van der Waals surface area contributed by atoms with Gasteiger partial charge in [0.2, 0.25) is 5.91 Å². The summed E-state index contributed by atoms with van der Waals surface area (Å²) in [6.45, 7) is 2.51. The third-order valence-corrected chi connectivity index (χ3v) is 4.02. The molecule has 1 aliphatic heterocycles. The highest BCUT2D eigenvalue weighted by molar-refractivity contribution is 5.88. The third kappa shape index (κ3) is 3.80. The molecule has 1 saturated heterocycles. The van der Waals surface area contributed by atoms with Crippen LogP contribution in [0, 0.1) is 5.82 Å². The molecule has 0 spiro atoms. The van der Waals surface area contributed by atoms with Gasteiger partial charge in [0, 0.05) is 26.3 Å². The largest absolute Gasteiger partial charge is 0.381 e. The van der Waals surface area contributed by atoms with Gasteiger partial charge < -0.3 is 15.0 Å². The lowest BCUT2D eigenvalue weighted by Gasteiger charge is -2.36. The molecule has 116 valence electrons. The number of hydrogen-bond acceptors (Lipinski definition) is 3. The Morgan fingerprint density at radius 2 is 1.90 bits per heavy atom. The Kier molecular flexibility index (Phi) is 5.31. The van der Waals surface area contributed by atoms with Gasteiger partial charge in [0.05, 0.1) is 5.41 Å².